The third-order valence-electron chi connectivity index (χ3n) is 2.24. The van der Waals surface area contributed by atoms with Gasteiger partial charge in [-0.1, -0.05) is 13.8 Å². The van der Waals surface area contributed by atoms with E-state index in [1.54, 1.807) is 17.7 Å². The summed E-state index contributed by atoms with van der Waals surface area (Å²) in [7, 11) is 0. The third kappa shape index (κ3) is 1.42. The topological polar surface area (TPSA) is 38.7 Å². The predicted octanol–water partition coefficient (Wildman–Crippen LogP) is 2.60. The van der Waals surface area contributed by atoms with Crippen LogP contribution in [-0.2, 0) is 0 Å². The molecule has 0 saturated carbocycles. The SMILES string of the molecule is CCC(C)c1ncnc2ncsc12. The summed E-state index contributed by atoms with van der Waals surface area (Å²) in [5, 5.41) is 0. The van der Waals surface area contributed by atoms with E-state index in [1.807, 2.05) is 5.51 Å². The molecule has 0 radical (unpaired) electrons. The Balaban J connectivity index is 2.60. The van der Waals surface area contributed by atoms with E-state index in [0.29, 0.717) is 5.92 Å². The van der Waals surface area contributed by atoms with Crippen LogP contribution >= 0.6 is 11.3 Å². The maximum absolute atomic E-state index is 4.31. The Morgan fingerprint density at radius 1 is 1.38 bits per heavy atom. The third-order valence-corrected chi connectivity index (χ3v) is 3.08. The lowest BCUT2D eigenvalue weighted by Crippen LogP contribution is -1.96. The molecule has 13 heavy (non-hydrogen) atoms. The molecule has 1 unspecified atom stereocenters. The van der Waals surface area contributed by atoms with Crippen molar-refractivity contribution in [3.8, 4) is 0 Å². The van der Waals surface area contributed by atoms with Crippen LogP contribution in [0.3, 0.4) is 0 Å². The molecule has 0 aliphatic carbocycles. The van der Waals surface area contributed by atoms with Gasteiger partial charge in [0.2, 0.25) is 0 Å². The molecule has 0 fully saturated rings. The fraction of sp³-hybridized carbons (Fsp3) is 0.444. The standard InChI is InChI=1S/C9H11N3S/c1-3-6(2)7-8-9(11-4-10-7)12-5-13-8/h4-6H,3H2,1-2H3. The van der Waals surface area contributed by atoms with Crippen molar-refractivity contribution in [2.45, 2.75) is 26.2 Å². The van der Waals surface area contributed by atoms with Crippen molar-refractivity contribution in [3.63, 3.8) is 0 Å². The molecule has 2 heterocycles. The zero-order valence-corrected chi connectivity index (χ0v) is 8.51. The molecule has 0 bridgehead atoms. The fourth-order valence-electron chi connectivity index (χ4n) is 1.26. The number of aromatic nitrogens is 3. The molecule has 2 aromatic heterocycles. The molecule has 0 spiro atoms. The zero-order chi connectivity index (χ0) is 9.26. The van der Waals surface area contributed by atoms with Gasteiger partial charge in [-0.2, -0.15) is 0 Å². The van der Waals surface area contributed by atoms with Gasteiger partial charge in [0.25, 0.3) is 0 Å². The summed E-state index contributed by atoms with van der Waals surface area (Å²) in [6.07, 6.45) is 2.70. The van der Waals surface area contributed by atoms with Crippen LogP contribution in [0.4, 0.5) is 0 Å². The van der Waals surface area contributed by atoms with Gasteiger partial charge >= 0.3 is 0 Å². The molecule has 68 valence electrons. The van der Waals surface area contributed by atoms with Crippen LogP contribution in [0, 0.1) is 0 Å². The summed E-state index contributed by atoms with van der Waals surface area (Å²) >= 11 is 1.62. The van der Waals surface area contributed by atoms with Crippen LogP contribution in [0.25, 0.3) is 10.3 Å². The van der Waals surface area contributed by atoms with Crippen LogP contribution < -0.4 is 0 Å². The lowest BCUT2D eigenvalue weighted by molar-refractivity contribution is 0.714. The first kappa shape index (κ1) is 8.56. The van der Waals surface area contributed by atoms with Crippen molar-refractivity contribution in [2.75, 3.05) is 0 Å². The summed E-state index contributed by atoms with van der Waals surface area (Å²) < 4.78 is 1.14. The average Bonchev–Trinajstić information content (AvgIpc) is 2.63. The number of thiazole rings is 1. The van der Waals surface area contributed by atoms with Crippen LogP contribution in [-0.4, -0.2) is 15.0 Å². The Kier molecular flexibility index (Phi) is 2.22. The van der Waals surface area contributed by atoms with E-state index in [-0.39, 0.29) is 0 Å². The average molecular weight is 193 g/mol. The first-order chi connectivity index (χ1) is 6.33. The number of hydrogen-bond acceptors (Lipinski definition) is 4. The molecule has 0 saturated heterocycles. The zero-order valence-electron chi connectivity index (χ0n) is 7.69. The molecule has 0 aliphatic heterocycles. The smallest absolute Gasteiger partial charge is 0.173 e. The first-order valence-electron chi connectivity index (χ1n) is 4.37. The molecule has 2 aromatic rings. The van der Waals surface area contributed by atoms with Crippen LogP contribution in [0.1, 0.15) is 31.9 Å². The summed E-state index contributed by atoms with van der Waals surface area (Å²) in [4.78, 5) is 12.6. The molecule has 4 heteroatoms. The molecule has 0 aromatic carbocycles. The van der Waals surface area contributed by atoms with Crippen molar-refractivity contribution in [1.82, 2.24) is 15.0 Å². The quantitative estimate of drug-likeness (QED) is 0.735. The fourth-order valence-corrected chi connectivity index (χ4v) is 2.10. The highest BCUT2D eigenvalue weighted by Crippen LogP contribution is 2.26. The van der Waals surface area contributed by atoms with Crippen LogP contribution in [0.5, 0.6) is 0 Å². The second-order valence-electron chi connectivity index (χ2n) is 3.07. The van der Waals surface area contributed by atoms with Gasteiger partial charge in [0.1, 0.15) is 6.33 Å². The van der Waals surface area contributed by atoms with E-state index in [9.17, 15) is 0 Å². The molecule has 3 nitrogen and oxygen atoms in total. The van der Waals surface area contributed by atoms with Gasteiger partial charge in [-0.15, -0.1) is 11.3 Å². The lowest BCUT2D eigenvalue weighted by Gasteiger charge is -2.06. The van der Waals surface area contributed by atoms with Crippen molar-refractivity contribution in [2.24, 2.45) is 0 Å². The van der Waals surface area contributed by atoms with Crippen LogP contribution in [0.15, 0.2) is 11.8 Å². The molecular weight excluding hydrogens is 182 g/mol. The molecule has 0 amide bonds. The van der Waals surface area contributed by atoms with Gasteiger partial charge in [-0.3, -0.25) is 0 Å². The molecule has 1 atom stereocenters. The van der Waals surface area contributed by atoms with Crippen molar-refractivity contribution >= 4 is 21.7 Å². The Bertz CT molecular complexity index is 410. The second-order valence-corrected chi connectivity index (χ2v) is 3.93. The minimum absolute atomic E-state index is 0.492. The van der Waals surface area contributed by atoms with Gasteiger partial charge in [-0.05, 0) is 12.3 Å². The molecule has 0 aliphatic rings. The Morgan fingerprint density at radius 2 is 2.23 bits per heavy atom. The maximum Gasteiger partial charge on any atom is 0.173 e. The minimum Gasteiger partial charge on any atom is -0.239 e. The van der Waals surface area contributed by atoms with Gasteiger partial charge in [0.05, 0.1) is 15.9 Å². The lowest BCUT2D eigenvalue weighted by atomic mass is 10.1. The van der Waals surface area contributed by atoms with Gasteiger partial charge < -0.3 is 0 Å². The van der Waals surface area contributed by atoms with Crippen molar-refractivity contribution in [3.05, 3.63) is 17.5 Å². The number of hydrogen-bond donors (Lipinski definition) is 0. The monoisotopic (exact) mass is 193 g/mol. The molecular formula is C9H11N3S. The largest absolute Gasteiger partial charge is 0.239 e. The maximum atomic E-state index is 4.31. The van der Waals surface area contributed by atoms with E-state index in [1.165, 1.54) is 0 Å². The highest BCUT2D eigenvalue weighted by Gasteiger charge is 2.11. The van der Waals surface area contributed by atoms with E-state index in [0.717, 1.165) is 22.5 Å². The summed E-state index contributed by atoms with van der Waals surface area (Å²) in [5.41, 5.74) is 3.79. The minimum atomic E-state index is 0.492. The number of rotatable bonds is 2. The number of nitrogens with zero attached hydrogens (tertiary/aromatic N) is 3. The Morgan fingerprint density at radius 3 is 3.00 bits per heavy atom. The summed E-state index contributed by atoms with van der Waals surface area (Å²) in [6.45, 7) is 4.35. The van der Waals surface area contributed by atoms with E-state index in [2.05, 4.69) is 28.8 Å². The van der Waals surface area contributed by atoms with E-state index >= 15 is 0 Å². The Hall–Kier alpha value is -1.03. The molecule has 0 N–H and O–H groups in total. The van der Waals surface area contributed by atoms with Crippen molar-refractivity contribution in [1.29, 1.82) is 0 Å². The predicted molar refractivity (Wildman–Crippen MR) is 53.9 cm³/mol. The first-order valence-corrected chi connectivity index (χ1v) is 5.25. The van der Waals surface area contributed by atoms with Gasteiger partial charge in [0.15, 0.2) is 5.65 Å². The van der Waals surface area contributed by atoms with E-state index in [4.69, 9.17) is 0 Å². The summed E-state index contributed by atoms with van der Waals surface area (Å²) in [6, 6.07) is 0. The number of fused-ring (bicyclic) bond motifs is 1. The summed E-state index contributed by atoms with van der Waals surface area (Å²) in [5.74, 6) is 0.492. The van der Waals surface area contributed by atoms with Crippen molar-refractivity contribution < 1.29 is 0 Å². The highest BCUT2D eigenvalue weighted by atomic mass is 32.1. The molecule has 2 rings (SSSR count). The second kappa shape index (κ2) is 3.38. The normalized spacial score (nSPS) is 13.4. The Labute approximate surface area is 80.9 Å². The van der Waals surface area contributed by atoms with E-state index < -0.39 is 0 Å². The highest BCUT2D eigenvalue weighted by molar-refractivity contribution is 7.16. The van der Waals surface area contributed by atoms with Crippen LogP contribution in [0.2, 0.25) is 0 Å². The van der Waals surface area contributed by atoms with Gasteiger partial charge in [-0.25, -0.2) is 15.0 Å². The van der Waals surface area contributed by atoms with Gasteiger partial charge in [0, 0.05) is 0 Å².